The van der Waals surface area contributed by atoms with Crippen molar-refractivity contribution < 1.29 is 4.74 Å². The lowest BCUT2D eigenvalue weighted by Gasteiger charge is -2.33. The maximum Gasteiger partial charge on any atom is 0.0681 e. The van der Waals surface area contributed by atoms with E-state index in [1.807, 2.05) is 12.1 Å². The summed E-state index contributed by atoms with van der Waals surface area (Å²) in [5.74, 6) is 6.16. The molecule has 1 aromatic rings. The van der Waals surface area contributed by atoms with Crippen LogP contribution in [0.4, 0.5) is 0 Å². The van der Waals surface area contributed by atoms with Crippen LogP contribution in [0.15, 0.2) is 28.7 Å². The molecule has 3 nitrogen and oxygen atoms in total. The SMILES string of the molecule is CC1(C)CC(C(NN)c2cccc(Br)c2)C(C)(C)O1. The fourth-order valence-corrected chi connectivity index (χ4v) is 3.69. The maximum absolute atomic E-state index is 6.18. The molecule has 0 amide bonds. The average Bonchev–Trinajstić information content (AvgIpc) is 2.48. The summed E-state index contributed by atoms with van der Waals surface area (Å²) in [5.41, 5.74) is 3.88. The third-order valence-corrected chi connectivity index (χ3v) is 4.43. The highest BCUT2D eigenvalue weighted by molar-refractivity contribution is 9.10. The molecule has 19 heavy (non-hydrogen) atoms. The molecule has 0 saturated carbocycles. The Bertz CT molecular complexity index is 459. The second kappa shape index (κ2) is 5.17. The molecule has 0 radical (unpaired) electrons. The van der Waals surface area contributed by atoms with Gasteiger partial charge in [-0.25, -0.2) is 0 Å². The lowest BCUT2D eigenvalue weighted by molar-refractivity contribution is -0.0779. The Labute approximate surface area is 124 Å². The fourth-order valence-electron chi connectivity index (χ4n) is 3.27. The summed E-state index contributed by atoms with van der Waals surface area (Å²) in [7, 11) is 0. The van der Waals surface area contributed by atoms with Crippen LogP contribution in [0.25, 0.3) is 0 Å². The van der Waals surface area contributed by atoms with E-state index in [2.05, 4.69) is 61.2 Å². The van der Waals surface area contributed by atoms with E-state index in [1.165, 1.54) is 5.56 Å². The summed E-state index contributed by atoms with van der Waals surface area (Å²) in [5, 5.41) is 0. The van der Waals surface area contributed by atoms with E-state index in [0.29, 0.717) is 5.92 Å². The number of hydrazine groups is 1. The molecule has 1 fully saturated rings. The van der Waals surface area contributed by atoms with Gasteiger partial charge in [-0.3, -0.25) is 11.3 Å². The van der Waals surface area contributed by atoms with E-state index in [0.717, 1.165) is 10.9 Å². The molecule has 1 saturated heterocycles. The summed E-state index contributed by atoms with van der Waals surface area (Å²) in [4.78, 5) is 0. The summed E-state index contributed by atoms with van der Waals surface area (Å²) in [6.45, 7) is 8.58. The molecule has 0 aliphatic carbocycles. The molecule has 2 rings (SSSR count). The van der Waals surface area contributed by atoms with Crippen LogP contribution in [-0.4, -0.2) is 11.2 Å². The smallest absolute Gasteiger partial charge is 0.0681 e. The molecule has 0 aromatic heterocycles. The van der Waals surface area contributed by atoms with E-state index in [4.69, 9.17) is 10.6 Å². The fraction of sp³-hybridized carbons (Fsp3) is 0.600. The van der Waals surface area contributed by atoms with Crippen molar-refractivity contribution in [2.75, 3.05) is 0 Å². The molecule has 1 aliphatic heterocycles. The maximum atomic E-state index is 6.18. The first-order chi connectivity index (χ1) is 8.75. The molecule has 2 atom stereocenters. The van der Waals surface area contributed by atoms with E-state index >= 15 is 0 Å². The molecule has 1 aliphatic rings. The Morgan fingerprint density at radius 2 is 2.05 bits per heavy atom. The van der Waals surface area contributed by atoms with Gasteiger partial charge >= 0.3 is 0 Å². The number of halogens is 1. The van der Waals surface area contributed by atoms with Crippen molar-refractivity contribution in [1.29, 1.82) is 0 Å². The van der Waals surface area contributed by atoms with Gasteiger partial charge in [0.15, 0.2) is 0 Å². The van der Waals surface area contributed by atoms with E-state index in [-0.39, 0.29) is 17.2 Å². The molecule has 4 heteroatoms. The van der Waals surface area contributed by atoms with Crippen LogP contribution in [0.1, 0.15) is 45.7 Å². The lowest BCUT2D eigenvalue weighted by atomic mass is 9.79. The number of nitrogens with one attached hydrogen (secondary N) is 1. The molecule has 0 bridgehead atoms. The van der Waals surface area contributed by atoms with Crippen molar-refractivity contribution in [3.8, 4) is 0 Å². The van der Waals surface area contributed by atoms with Gasteiger partial charge in [-0.2, -0.15) is 0 Å². The summed E-state index contributed by atoms with van der Waals surface area (Å²) in [6.07, 6.45) is 0.987. The Morgan fingerprint density at radius 3 is 2.53 bits per heavy atom. The zero-order chi connectivity index (χ0) is 14.3. The Hall–Kier alpha value is -0.420. The summed E-state index contributed by atoms with van der Waals surface area (Å²) in [6, 6.07) is 8.38. The van der Waals surface area contributed by atoms with Crippen molar-refractivity contribution in [3.63, 3.8) is 0 Å². The highest BCUT2D eigenvalue weighted by Crippen LogP contribution is 2.47. The van der Waals surface area contributed by atoms with E-state index < -0.39 is 0 Å². The average molecular weight is 327 g/mol. The molecular weight excluding hydrogens is 304 g/mol. The Kier molecular flexibility index (Phi) is 4.07. The van der Waals surface area contributed by atoms with Crippen molar-refractivity contribution >= 4 is 15.9 Å². The van der Waals surface area contributed by atoms with Gasteiger partial charge < -0.3 is 4.74 Å². The lowest BCUT2D eigenvalue weighted by Crippen LogP contribution is -2.41. The predicted molar refractivity (Wildman–Crippen MR) is 81.6 cm³/mol. The standard InChI is InChI=1S/C15H23BrN2O/c1-14(2)9-12(15(3,4)19-14)13(18-17)10-6-5-7-11(16)8-10/h5-8,12-13,18H,9,17H2,1-4H3. The van der Waals surface area contributed by atoms with Gasteiger partial charge in [-0.15, -0.1) is 0 Å². The van der Waals surface area contributed by atoms with E-state index in [9.17, 15) is 0 Å². The predicted octanol–water partition coefficient (Wildman–Crippen LogP) is 3.55. The van der Waals surface area contributed by atoms with Gasteiger partial charge in [0.1, 0.15) is 0 Å². The van der Waals surface area contributed by atoms with Gasteiger partial charge in [0, 0.05) is 10.4 Å². The zero-order valence-corrected chi connectivity index (χ0v) is 13.6. The third-order valence-electron chi connectivity index (χ3n) is 3.93. The summed E-state index contributed by atoms with van der Waals surface area (Å²) >= 11 is 3.52. The van der Waals surface area contributed by atoms with Crippen LogP contribution >= 0.6 is 15.9 Å². The molecule has 3 N–H and O–H groups in total. The Morgan fingerprint density at radius 1 is 1.37 bits per heavy atom. The minimum atomic E-state index is -0.192. The number of nitrogens with two attached hydrogens (primary N) is 1. The van der Waals surface area contributed by atoms with Crippen LogP contribution in [-0.2, 0) is 4.74 Å². The third kappa shape index (κ3) is 3.19. The molecule has 0 spiro atoms. The molecule has 1 heterocycles. The monoisotopic (exact) mass is 326 g/mol. The quantitative estimate of drug-likeness (QED) is 0.659. The first-order valence-corrected chi connectivity index (χ1v) is 7.46. The van der Waals surface area contributed by atoms with Crippen molar-refractivity contribution in [2.24, 2.45) is 11.8 Å². The molecule has 106 valence electrons. The first-order valence-electron chi connectivity index (χ1n) is 6.67. The van der Waals surface area contributed by atoms with E-state index in [1.54, 1.807) is 0 Å². The number of ether oxygens (including phenoxy) is 1. The van der Waals surface area contributed by atoms with Crippen LogP contribution in [0.3, 0.4) is 0 Å². The Balaban J connectivity index is 2.32. The first kappa shape index (κ1) is 15.0. The van der Waals surface area contributed by atoms with Crippen LogP contribution in [0, 0.1) is 5.92 Å². The highest BCUT2D eigenvalue weighted by Gasteiger charge is 2.49. The highest BCUT2D eigenvalue weighted by atomic mass is 79.9. The number of rotatable bonds is 3. The topological polar surface area (TPSA) is 47.3 Å². The van der Waals surface area contributed by atoms with Crippen molar-refractivity contribution in [3.05, 3.63) is 34.3 Å². The van der Waals surface area contributed by atoms with Crippen LogP contribution in [0.2, 0.25) is 0 Å². The largest absolute Gasteiger partial charge is 0.369 e. The van der Waals surface area contributed by atoms with Gasteiger partial charge in [-0.05, 0) is 51.8 Å². The van der Waals surface area contributed by atoms with Gasteiger partial charge in [0.2, 0.25) is 0 Å². The normalized spacial score (nSPS) is 26.3. The van der Waals surface area contributed by atoms with Gasteiger partial charge in [0.25, 0.3) is 0 Å². The molecule has 2 unspecified atom stereocenters. The molecular formula is C15H23BrN2O. The van der Waals surface area contributed by atoms with Crippen molar-refractivity contribution in [1.82, 2.24) is 5.43 Å². The number of hydrogen-bond acceptors (Lipinski definition) is 3. The van der Waals surface area contributed by atoms with Crippen LogP contribution in [0.5, 0.6) is 0 Å². The minimum Gasteiger partial charge on any atom is -0.369 e. The van der Waals surface area contributed by atoms with Gasteiger partial charge in [0.05, 0.1) is 17.2 Å². The molecule has 1 aromatic carbocycles. The number of hydrogen-bond donors (Lipinski definition) is 2. The van der Waals surface area contributed by atoms with Crippen molar-refractivity contribution in [2.45, 2.75) is 51.4 Å². The minimum absolute atomic E-state index is 0.0919. The van der Waals surface area contributed by atoms with Crippen LogP contribution < -0.4 is 11.3 Å². The number of benzene rings is 1. The van der Waals surface area contributed by atoms with Gasteiger partial charge in [-0.1, -0.05) is 28.1 Å². The summed E-state index contributed by atoms with van der Waals surface area (Å²) < 4.78 is 7.25. The second-order valence-corrected chi connectivity index (χ2v) is 7.39. The zero-order valence-electron chi connectivity index (χ0n) is 12.0. The second-order valence-electron chi connectivity index (χ2n) is 6.48.